The van der Waals surface area contributed by atoms with Gasteiger partial charge in [0.25, 0.3) is 0 Å². The lowest BCUT2D eigenvalue weighted by Crippen LogP contribution is -2.12. The van der Waals surface area contributed by atoms with E-state index in [1.807, 2.05) is 37.1 Å². The molecule has 88 valence electrons. The molecule has 0 fully saturated rings. The van der Waals surface area contributed by atoms with Gasteiger partial charge in [0.15, 0.2) is 0 Å². The van der Waals surface area contributed by atoms with Gasteiger partial charge in [-0.3, -0.25) is 4.98 Å². The standard InChI is InChI=1S/C12H15N5/c1-3-14-11-8-12(16-9-15-11)17(2)10-4-6-13-7-5-10/h4-9H,3H2,1-2H3,(H,14,15,16). The highest BCUT2D eigenvalue weighted by atomic mass is 15.2. The first-order chi connectivity index (χ1) is 8.31. The van der Waals surface area contributed by atoms with Crippen LogP contribution >= 0.6 is 0 Å². The summed E-state index contributed by atoms with van der Waals surface area (Å²) in [6.45, 7) is 2.88. The number of nitrogens with zero attached hydrogens (tertiary/aromatic N) is 4. The molecule has 0 saturated heterocycles. The van der Waals surface area contributed by atoms with Crippen LogP contribution in [-0.4, -0.2) is 28.5 Å². The quantitative estimate of drug-likeness (QED) is 0.869. The molecule has 0 aliphatic carbocycles. The zero-order valence-electron chi connectivity index (χ0n) is 9.96. The largest absolute Gasteiger partial charge is 0.370 e. The number of pyridine rings is 1. The lowest BCUT2D eigenvalue weighted by Gasteiger charge is -2.18. The fraction of sp³-hybridized carbons (Fsp3) is 0.250. The summed E-state index contributed by atoms with van der Waals surface area (Å²) in [6, 6.07) is 5.80. The maximum atomic E-state index is 4.25. The molecule has 0 bridgehead atoms. The van der Waals surface area contributed by atoms with Crippen molar-refractivity contribution in [1.82, 2.24) is 15.0 Å². The summed E-state index contributed by atoms with van der Waals surface area (Å²) < 4.78 is 0. The maximum Gasteiger partial charge on any atom is 0.138 e. The summed E-state index contributed by atoms with van der Waals surface area (Å²) in [5.74, 6) is 1.68. The van der Waals surface area contributed by atoms with Crippen molar-refractivity contribution in [2.75, 3.05) is 23.8 Å². The minimum atomic E-state index is 0.832. The summed E-state index contributed by atoms with van der Waals surface area (Å²) in [5, 5.41) is 3.16. The van der Waals surface area contributed by atoms with Crippen molar-refractivity contribution in [3.63, 3.8) is 0 Å². The molecule has 1 N–H and O–H groups in total. The third-order valence-electron chi connectivity index (χ3n) is 2.40. The molecule has 2 heterocycles. The Morgan fingerprint density at radius 2 is 2.00 bits per heavy atom. The molecule has 0 saturated carbocycles. The minimum Gasteiger partial charge on any atom is -0.370 e. The van der Waals surface area contributed by atoms with Crippen molar-refractivity contribution in [2.24, 2.45) is 0 Å². The van der Waals surface area contributed by atoms with Crippen LogP contribution in [0.4, 0.5) is 17.3 Å². The second kappa shape index (κ2) is 5.25. The van der Waals surface area contributed by atoms with E-state index in [2.05, 4.69) is 20.3 Å². The van der Waals surface area contributed by atoms with Crippen LogP contribution in [-0.2, 0) is 0 Å². The average Bonchev–Trinajstić information content (AvgIpc) is 2.40. The number of rotatable bonds is 4. The van der Waals surface area contributed by atoms with Gasteiger partial charge in [-0.25, -0.2) is 9.97 Å². The Bertz CT molecular complexity index is 471. The van der Waals surface area contributed by atoms with E-state index in [-0.39, 0.29) is 0 Å². The fourth-order valence-corrected chi connectivity index (χ4v) is 1.51. The highest BCUT2D eigenvalue weighted by Gasteiger charge is 2.05. The average molecular weight is 229 g/mol. The van der Waals surface area contributed by atoms with Crippen molar-refractivity contribution in [1.29, 1.82) is 0 Å². The zero-order chi connectivity index (χ0) is 12.1. The predicted octanol–water partition coefficient (Wildman–Crippen LogP) is 2.07. The van der Waals surface area contributed by atoms with Gasteiger partial charge >= 0.3 is 0 Å². The van der Waals surface area contributed by atoms with Crippen LogP contribution in [0.15, 0.2) is 36.9 Å². The molecule has 0 amide bonds. The topological polar surface area (TPSA) is 53.9 Å². The lowest BCUT2D eigenvalue weighted by molar-refractivity contribution is 1.06. The first-order valence-electron chi connectivity index (χ1n) is 5.51. The molecule has 0 spiro atoms. The van der Waals surface area contributed by atoms with Crippen LogP contribution in [0.25, 0.3) is 0 Å². The molecule has 5 nitrogen and oxygen atoms in total. The normalized spacial score (nSPS) is 10.0. The summed E-state index contributed by atoms with van der Waals surface area (Å²) in [5.41, 5.74) is 1.04. The number of hydrogen-bond acceptors (Lipinski definition) is 5. The molecule has 17 heavy (non-hydrogen) atoms. The predicted molar refractivity (Wildman–Crippen MR) is 68.5 cm³/mol. The van der Waals surface area contributed by atoms with Crippen LogP contribution in [0.5, 0.6) is 0 Å². The van der Waals surface area contributed by atoms with E-state index in [1.165, 1.54) is 0 Å². The van der Waals surface area contributed by atoms with Crippen LogP contribution < -0.4 is 10.2 Å². The van der Waals surface area contributed by atoms with Crippen LogP contribution in [0.3, 0.4) is 0 Å². The summed E-state index contributed by atoms with van der Waals surface area (Å²) in [4.78, 5) is 14.4. The molecule has 5 heteroatoms. The fourth-order valence-electron chi connectivity index (χ4n) is 1.51. The van der Waals surface area contributed by atoms with Gasteiger partial charge in [-0.2, -0.15) is 0 Å². The van der Waals surface area contributed by atoms with Crippen molar-refractivity contribution in [2.45, 2.75) is 6.92 Å². The Kier molecular flexibility index (Phi) is 3.49. The molecule has 0 aliphatic rings. The summed E-state index contributed by atoms with van der Waals surface area (Å²) in [6.07, 6.45) is 5.08. The van der Waals surface area contributed by atoms with Crippen molar-refractivity contribution >= 4 is 17.3 Å². The highest BCUT2D eigenvalue weighted by molar-refractivity contribution is 5.60. The second-order valence-corrected chi connectivity index (χ2v) is 3.56. The number of hydrogen-bond donors (Lipinski definition) is 1. The van der Waals surface area contributed by atoms with Crippen LogP contribution in [0.1, 0.15) is 6.92 Å². The number of anilines is 3. The summed E-state index contributed by atoms with van der Waals surface area (Å²) >= 11 is 0. The van der Waals surface area contributed by atoms with Crippen molar-refractivity contribution < 1.29 is 0 Å². The van der Waals surface area contributed by atoms with Gasteiger partial charge in [-0.15, -0.1) is 0 Å². The first-order valence-corrected chi connectivity index (χ1v) is 5.51. The maximum absolute atomic E-state index is 4.25. The SMILES string of the molecule is CCNc1cc(N(C)c2ccncc2)ncn1. The van der Waals surface area contributed by atoms with Crippen LogP contribution in [0, 0.1) is 0 Å². The van der Waals surface area contributed by atoms with Crippen molar-refractivity contribution in [3.8, 4) is 0 Å². The highest BCUT2D eigenvalue weighted by Crippen LogP contribution is 2.21. The third-order valence-corrected chi connectivity index (χ3v) is 2.40. The van der Waals surface area contributed by atoms with Gasteiger partial charge in [0.1, 0.15) is 18.0 Å². The molecule has 0 radical (unpaired) electrons. The van der Waals surface area contributed by atoms with Crippen molar-refractivity contribution in [3.05, 3.63) is 36.9 Å². The Hall–Kier alpha value is -2.17. The monoisotopic (exact) mass is 229 g/mol. The van der Waals surface area contributed by atoms with E-state index >= 15 is 0 Å². The Labute approximate surface area is 101 Å². The van der Waals surface area contributed by atoms with Gasteiger partial charge in [-0.1, -0.05) is 0 Å². The smallest absolute Gasteiger partial charge is 0.138 e. The molecule has 2 rings (SSSR count). The molecule has 0 aliphatic heterocycles. The van der Waals surface area contributed by atoms with Crippen LogP contribution in [0.2, 0.25) is 0 Å². The molecular formula is C12H15N5. The van der Waals surface area contributed by atoms with E-state index in [1.54, 1.807) is 18.7 Å². The number of aromatic nitrogens is 3. The Morgan fingerprint density at radius 1 is 1.24 bits per heavy atom. The Balaban J connectivity index is 2.25. The Morgan fingerprint density at radius 3 is 2.71 bits per heavy atom. The third kappa shape index (κ3) is 2.69. The van der Waals surface area contributed by atoms with E-state index < -0.39 is 0 Å². The molecular weight excluding hydrogens is 214 g/mol. The number of nitrogens with one attached hydrogen (secondary N) is 1. The van der Waals surface area contributed by atoms with Gasteiger partial charge < -0.3 is 10.2 Å². The van der Waals surface area contributed by atoms with E-state index in [0.717, 1.165) is 23.9 Å². The van der Waals surface area contributed by atoms with Gasteiger partial charge in [-0.05, 0) is 19.1 Å². The molecule has 0 atom stereocenters. The lowest BCUT2D eigenvalue weighted by atomic mass is 10.3. The minimum absolute atomic E-state index is 0.832. The van der Waals surface area contributed by atoms with Gasteiger partial charge in [0.05, 0.1) is 0 Å². The van der Waals surface area contributed by atoms with E-state index in [4.69, 9.17) is 0 Å². The molecule has 0 unspecified atom stereocenters. The molecule has 2 aromatic heterocycles. The second-order valence-electron chi connectivity index (χ2n) is 3.56. The van der Waals surface area contributed by atoms with Gasteiger partial charge in [0, 0.05) is 37.7 Å². The molecule has 0 aromatic carbocycles. The zero-order valence-corrected chi connectivity index (χ0v) is 9.96. The van der Waals surface area contributed by atoms with E-state index in [9.17, 15) is 0 Å². The summed E-state index contributed by atoms with van der Waals surface area (Å²) in [7, 11) is 1.97. The first kappa shape index (κ1) is 11.3. The van der Waals surface area contributed by atoms with Gasteiger partial charge in [0.2, 0.25) is 0 Å². The molecule has 2 aromatic rings. The van der Waals surface area contributed by atoms with E-state index in [0.29, 0.717) is 0 Å².